The molecule has 1 atom stereocenters. The standard InChI is InChI=1S/C15H18N4O3/c1-11-14(18-10-22-11)15(20)19-6-7-21-9-13(19)3-2-12-8-16-4-5-17-12/h4-5,8,10,13H,2-3,6-7,9H2,1H3/t13-/m1/s1. The van der Waals surface area contributed by atoms with E-state index in [9.17, 15) is 4.79 Å². The molecule has 0 bridgehead atoms. The third-order valence-corrected chi connectivity index (χ3v) is 3.79. The van der Waals surface area contributed by atoms with Crippen LogP contribution in [0.4, 0.5) is 0 Å². The number of nitrogens with zero attached hydrogens (tertiary/aromatic N) is 4. The van der Waals surface area contributed by atoms with Crippen molar-refractivity contribution in [3.05, 3.63) is 42.1 Å². The first-order valence-corrected chi connectivity index (χ1v) is 7.29. The lowest BCUT2D eigenvalue weighted by atomic mass is 10.1. The van der Waals surface area contributed by atoms with Gasteiger partial charge >= 0.3 is 0 Å². The van der Waals surface area contributed by atoms with Gasteiger partial charge in [-0.25, -0.2) is 4.98 Å². The summed E-state index contributed by atoms with van der Waals surface area (Å²) in [6.07, 6.45) is 7.91. The molecule has 0 aliphatic carbocycles. The number of hydrogen-bond donors (Lipinski definition) is 0. The lowest BCUT2D eigenvalue weighted by Gasteiger charge is -2.35. The van der Waals surface area contributed by atoms with E-state index < -0.39 is 0 Å². The molecule has 3 heterocycles. The topological polar surface area (TPSA) is 81.4 Å². The normalized spacial score (nSPS) is 18.4. The summed E-state index contributed by atoms with van der Waals surface area (Å²) in [4.78, 5) is 26.8. The number of oxazole rings is 1. The highest BCUT2D eigenvalue weighted by molar-refractivity contribution is 5.93. The van der Waals surface area contributed by atoms with E-state index in [0.29, 0.717) is 31.2 Å². The first-order chi connectivity index (χ1) is 10.8. The largest absolute Gasteiger partial charge is 0.448 e. The van der Waals surface area contributed by atoms with Gasteiger partial charge in [-0.15, -0.1) is 0 Å². The van der Waals surface area contributed by atoms with Crippen LogP contribution in [0.1, 0.15) is 28.4 Å². The van der Waals surface area contributed by atoms with E-state index in [1.807, 2.05) is 4.90 Å². The second-order valence-electron chi connectivity index (χ2n) is 5.22. The van der Waals surface area contributed by atoms with Crippen LogP contribution in [0.3, 0.4) is 0 Å². The molecule has 1 aliphatic rings. The van der Waals surface area contributed by atoms with Crippen molar-refractivity contribution in [2.24, 2.45) is 0 Å². The highest BCUT2D eigenvalue weighted by Crippen LogP contribution is 2.17. The van der Waals surface area contributed by atoms with Crippen LogP contribution in [0.25, 0.3) is 0 Å². The van der Waals surface area contributed by atoms with E-state index in [-0.39, 0.29) is 11.9 Å². The highest BCUT2D eigenvalue weighted by atomic mass is 16.5. The molecule has 1 fully saturated rings. The quantitative estimate of drug-likeness (QED) is 0.845. The van der Waals surface area contributed by atoms with Crippen LogP contribution >= 0.6 is 0 Å². The van der Waals surface area contributed by atoms with Gasteiger partial charge in [0.1, 0.15) is 5.76 Å². The van der Waals surface area contributed by atoms with Gasteiger partial charge in [0, 0.05) is 25.1 Å². The maximum atomic E-state index is 12.6. The molecule has 7 nitrogen and oxygen atoms in total. The number of morpholine rings is 1. The molecule has 2 aromatic heterocycles. The lowest BCUT2D eigenvalue weighted by Crippen LogP contribution is -2.49. The number of amides is 1. The molecule has 116 valence electrons. The Morgan fingerprint density at radius 3 is 3.05 bits per heavy atom. The molecule has 0 saturated carbocycles. The molecule has 3 rings (SSSR count). The third-order valence-electron chi connectivity index (χ3n) is 3.79. The van der Waals surface area contributed by atoms with Crippen LogP contribution in [-0.2, 0) is 11.2 Å². The smallest absolute Gasteiger partial charge is 0.276 e. The van der Waals surface area contributed by atoms with Gasteiger partial charge in [-0.1, -0.05) is 0 Å². The van der Waals surface area contributed by atoms with Gasteiger partial charge < -0.3 is 14.1 Å². The molecule has 2 aromatic rings. The molecule has 0 spiro atoms. The zero-order valence-electron chi connectivity index (χ0n) is 12.4. The van der Waals surface area contributed by atoms with Gasteiger partial charge in [-0.05, 0) is 19.8 Å². The van der Waals surface area contributed by atoms with Crippen LogP contribution < -0.4 is 0 Å². The summed E-state index contributed by atoms with van der Waals surface area (Å²) >= 11 is 0. The second-order valence-corrected chi connectivity index (χ2v) is 5.22. The summed E-state index contributed by atoms with van der Waals surface area (Å²) in [6.45, 7) is 3.39. The van der Waals surface area contributed by atoms with Crippen LogP contribution in [0.2, 0.25) is 0 Å². The molecule has 0 N–H and O–H groups in total. The van der Waals surface area contributed by atoms with Gasteiger partial charge in [0.05, 0.1) is 24.9 Å². The minimum absolute atomic E-state index is 0.0133. The summed E-state index contributed by atoms with van der Waals surface area (Å²) in [5.74, 6) is 0.447. The SMILES string of the molecule is Cc1ocnc1C(=O)N1CCOC[C@H]1CCc1cnccn1. The average molecular weight is 302 g/mol. The maximum Gasteiger partial charge on any atom is 0.276 e. The minimum Gasteiger partial charge on any atom is -0.448 e. The number of aryl methyl sites for hydroxylation is 2. The van der Waals surface area contributed by atoms with Crippen LogP contribution in [0.5, 0.6) is 0 Å². The van der Waals surface area contributed by atoms with Crippen molar-refractivity contribution < 1.29 is 13.9 Å². The molecular weight excluding hydrogens is 284 g/mol. The molecular formula is C15H18N4O3. The molecule has 0 aromatic carbocycles. The van der Waals surface area contributed by atoms with Gasteiger partial charge in [-0.2, -0.15) is 0 Å². The maximum absolute atomic E-state index is 12.6. The number of rotatable bonds is 4. The van der Waals surface area contributed by atoms with E-state index in [1.54, 1.807) is 25.5 Å². The number of aromatic nitrogens is 3. The summed E-state index contributed by atoms with van der Waals surface area (Å²) in [5, 5.41) is 0. The first kappa shape index (κ1) is 14.6. The fourth-order valence-corrected chi connectivity index (χ4v) is 2.58. The van der Waals surface area contributed by atoms with Gasteiger partial charge in [0.2, 0.25) is 0 Å². The lowest BCUT2D eigenvalue weighted by molar-refractivity contribution is -0.00449. The minimum atomic E-state index is -0.0984. The third kappa shape index (κ3) is 3.14. The van der Waals surface area contributed by atoms with Crippen LogP contribution in [0, 0.1) is 6.92 Å². The summed E-state index contributed by atoms with van der Waals surface area (Å²) in [6, 6.07) is 0.0133. The molecule has 1 amide bonds. The Labute approximate surface area is 128 Å². The predicted octanol–water partition coefficient (Wildman–Crippen LogP) is 1.25. The highest BCUT2D eigenvalue weighted by Gasteiger charge is 2.30. The van der Waals surface area contributed by atoms with Crippen molar-refractivity contribution in [2.45, 2.75) is 25.8 Å². The Balaban J connectivity index is 1.69. The van der Waals surface area contributed by atoms with E-state index in [2.05, 4.69) is 15.0 Å². The summed E-state index contributed by atoms with van der Waals surface area (Å²) in [7, 11) is 0. The van der Waals surface area contributed by atoms with Crippen molar-refractivity contribution in [1.82, 2.24) is 19.9 Å². The number of hydrogen-bond acceptors (Lipinski definition) is 6. The summed E-state index contributed by atoms with van der Waals surface area (Å²) < 4.78 is 10.7. The number of ether oxygens (including phenoxy) is 1. The molecule has 1 aliphatic heterocycles. The van der Waals surface area contributed by atoms with E-state index >= 15 is 0 Å². The average Bonchev–Trinajstić information content (AvgIpc) is 2.99. The zero-order valence-corrected chi connectivity index (χ0v) is 12.4. The van der Waals surface area contributed by atoms with Gasteiger partial charge in [0.25, 0.3) is 5.91 Å². The fourth-order valence-electron chi connectivity index (χ4n) is 2.58. The van der Waals surface area contributed by atoms with Gasteiger partial charge in [-0.3, -0.25) is 14.8 Å². The monoisotopic (exact) mass is 302 g/mol. The van der Waals surface area contributed by atoms with Crippen molar-refractivity contribution >= 4 is 5.91 Å². The molecule has 22 heavy (non-hydrogen) atoms. The molecule has 7 heteroatoms. The van der Waals surface area contributed by atoms with Crippen LogP contribution in [-0.4, -0.2) is 51.6 Å². The molecule has 0 unspecified atom stereocenters. The zero-order chi connectivity index (χ0) is 15.4. The molecule has 0 radical (unpaired) electrons. The Morgan fingerprint density at radius 2 is 2.32 bits per heavy atom. The van der Waals surface area contributed by atoms with Crippen molar-refractivity contribution in [3.8, 4) is 0 Å². The Hall–Kier alpha value is -2.28. The Morgan fingerprint density at radius 1 is 1.41 bits per heavy atom. The van der Waals surface area contributed by atoms with Crippen LogP contribution in [0.15, 0.2) is 29.4 Å². The number of carbonyl (C=O) groups is 1. The second kappa shape index (κ2) is 6.65. The van der Waals surface area contributed by atoms with E-state index in [1.165, 1.54) is 6.39 Å². The van der Waals surface area contributed by atoms with E-state index in [4.69, 9.17) is 9.15 Å². The Kier molecular flexibility index (Phi) is 4.43. The molecule has 1 saturated heterocycles. The van der Waals surface area contributed by atoms with E-state index in [0.717, 1.165) is 18.5 Å². The summed E-state index contributed by atoms with van der Waals surface area (Å²) in [5.41, 5.74) is 1.30. The fraction of sp³-hybridized carbons (Fsp3) is 0.467. The van der Waals surface area contributed by atoms with Crippen molar-refractivity contribution in [1.29, 1.82) is 0 Å². The predicted molar refractivity (Wildman–Crippen MR) is 77.2 cm³/mol. The van der Waals surface area contributed by atoms with Crippen molar-refractivity contribution in [3.63, 3.8) is 0 Å². The number of carbonyl (C=O) groups excluding carboxylic acids is 1. The van der Waals surface area contributed by atoms with Crippen molar-refractivity contribution in [2.75, 3.05) is 19.8 Å². The first-order valence-electron chi connectivity index (χ1n) is 7.29. The Bertz CT molecular complexity index is 629. The van der Waals surface area contributed by atoms with Gasteiger partial charge in [0.15, 0.2) is 12.1 Å².